The molecule has 6 rings (SSSR count). The molecule has 40 heavy (non-hydrogen) atoms. The molecule has 3 aromatic carbocycles. The monoisotopic (exact) mass is 595 g/mol. The van der Waals surface area contributed by atoms with E-state index >= 15 is 0 Å². The number of Topliss-reactive ketones (excluding diaryl/α,β-unsaturated/α-hetero) is 1. The Balaban J connectivity index is 1.39. The molecule has 1 N–H and O–H groups in total. The molecule has 12 heteroatoms. The number of carbonyl (C=O) groups is 2. The first-order chi connectivity index (χ1) is 19.4. The van der Waals surface area contributed by atoms with E-state index < -0.39 is 17.7 Å². The number of nitrogens with zero attached hydrogens (tertiary/aromatic N) is 3. The number of thioether (sulfide) groups is 1. The number of aliphatic hydroxyl groups excluding tert-OH is 1. The summed E-state index contributed by atoms with van der Waals surface area (Å²) in [6.45, 7) is 0.749. The normalized spacial score (nSPS) is 17.9. The van der Waals surface area contributed by atoms with Gasteiger partial charge < -0.3 is 14.6 Å². The molecule has 8 nitrogen and oxygen atoms in total. The van der Waals surface area contributed by atoms with E-state index in [1.807, 2.05) is 0 Å². The van der Waals surface area contributed by atoms with Gasteiger partial charge in [0.05, 0.1) is 11.6 Å². The van der Waals surface area contributed by atoms with Crippen LogP contribution in [-0.2, 0) is 15.3 Å². The van der Waals surface area contributed by atoms with Crippen molar-refractivity contribution in [3.63, 3.8) is 0 Å². The zero-order valence-corrected chi connectivity index (χ0v) is 22.9. The first kappa shape index (κ1) is 26.3. The average Bonchev–Trinajstić information content (AvgIpc) is 3.54. The van der Waals surface area contributed by atoms with E-state index in [1.54, 1.807) is 60.7 Å². The topological polar surface area (TPSA) is 102 Å². The number of ketones is 1. The number of halogens is 2. The van der Waals surface area contributed by atoms with Gasteiger partial charge >= 0.3 is 5.91 Å². The van der Waals surface area contributed by atoms with Gasteiger partial charge in [-0.3, -0.25) is 14.5 Å². The van der Waals surface area contributed by atoms with Crippen LogP contribution in [0.2, 0.25) is 5.02 Å². The Bertz CT molecular complexity index is 1680. The third kappa shape index (κ3) is 4.91. The number of hydrogen-bond donors (Lipinski definition) is 1. The number of anilines is 1. The smallest absolute Gasteiger partial charge is 0.301 e. The molecule has 202 valence electrons. The third-order valence-corrected chi connectivity index (χ3v) is 8.68. The minimum Gasteiger partial charge on any atom is -0.507 e. The third-order valence-electron chi connectivity index (χ3n) is 6.34. The fraction of sp³-hybridized carbons (Fsp3) is 0.143. The number of hydrogen-bond acceptors (Lipinski definition) is 9. The van der Waals surface area contributed by atoms with Crippen LogP contribution in [0.15, 0.2) is 76.6 Å². The first-order valence-electron chi connectivity index (χ1n) is 12.1. The van der Waals surface area contributed by atoms with Gasteiger partial charge in [0.2, 0.25) is 5.13 Å². The lowest BCUT2D eigenvalue weighted by Gasteiger charge is -2.23. The Morgan fingerprint density at radius 1 is 1.05 bits per heavy atom. The van der Waals surface area contributed by atoms with Crippen LogP contribution in [0.3, 0.4) is 0 Å². The van der Waals surface area contributed by atoms with Crippen LogP contribution in [-0.4, -0.2) is 40.2 Å². The summed E-state index contributed by atoms with van der Waals surface area (Å²) in [7, 11) is 0. The lowest BCUT2D eigenvalue weighted by Crippen LogP contribution is -2.29. The number of benzene rings is 3. The van der Waals surface area contributed by atoms with E-state index in [2.05, 4.69) is 10.2 Å². The predicted molar refractivity (Wildman–Crippen MR) is 150 cm³/mol. The van der Waals surface area contributed by atoms with Crippen LogP contribution >= 0.6 is 34.7 Å². The summed E-state index contributed by atoms with van der Waals surface area (Å²) >= 11 is 8.62. The minimum atomic E-state index is -1.02. The minimum absolute atomic E-state index is 0.125. The summed E-state index contributed by atoms with van der Waals surface area (Å²) in [5.41, 5.74) is 1.16. The number of fused-ring (bicyclic) bond motifs is 1. The molecule has 4 aromatic rings. The van der Waals surface area contributed by atoms with E-state index in [4.69, 9.17) is 21.1 Å². The summed E-state index contributed by atoms with van der Waals surface area (Å²) in [4.78, 5) is 28.1. The highest BCUT2D eigenvalue weighted by molar-refractivity contribution is 8.00. The van der Waals surface area contributed by atoms with Gasteiger partial charge in [-0.2, -0.15) is 0 Å². The number of ether oxygens (including phenoxy) is 2. The average molecular weight is 596 g/mol. The standard InChI is InChI=1S/C28H19ClFN3O5S2/c29-18-6-3-5-15(12-18)23-22(24(34)16-8-9-20-21(13-16)38-11-10-37-20)25(35)26(36)33(23)27-31-32-28(40-27)39-14-17-4-1-2-7-19(17)30/h1-9,12-13,23,34H,10-11,14H2. The molecular formula is C28H19ClFN3O5S2. The number of aromatic nitrogens is 2. The fourth-order valence-electron chi connectivity index (χ4n) is 4.48. The van der Waals surface area contributed by atoms with Crippen molar-refractivity contribution in [3.8, 4) is 11.5 Å². The maximum atomic E-state index is 14.1. The summed E-state index contributed by atoms with van der Waals surface area (Å²) < 4.78 is 25.7. The highest BCUT2D eigenvalue weighted by Crippen LogP contribution is 2.45. The molecule has 2 aliphatic rings. The zero-order chi connectivity index (χ0) is 27.8. The first-order valence-corrected chi connectivity index (χ1v) is 14.2. The summed E-state index contributed by atoms with van der Waals surface area (Å²) in [6.07, 6.45) is 0. The van der Waals surface area contributed by atoms with E-state index in [-0.39, 0.29) is 27.8 Å². The number of carbonyl (C=O) groups excluding carboxylic acids is 2. The van der Waals surface area contributed by atoms with Crippen LogP contribution in [0.5, 0.6) is 11.5 Å². The van der Waals surface area contributed by atoms with Crippen LogP contribution < -0.4 is 14.4 Å². The number of amides is 1. The molecule has 1 atom stereocenters. The SMILES string of the molecule is O=C1C(=O)N(c2nnc(SCc3ccccc3F)s2)C(c2cccc(Cl)c2)C1=C(O)c1ccc2c(c1)OCCO2. The summed E-state index contributed by atoms with van der Waals surface area (Å²) in [6, 6.07) is 16.9. The molecule has 1 unspecified atom stereocenters. The second-order valence-corrected chi connectivity index (χ2v) is 11.4. The molecule has 2 aliphatic heterocycles. The van der Waals surface area contributed by atoms with Crippen molar-refractivity contribution in [2.24, 2.45) is 0 Å². The van der Waals surface area contributed by atoms with Crippen LogP contribution in [0.25, 0.3) is 5.76 Å². The molecule has 0 aliphatic carbocycles. The van der Waals surface area contributed by atoms with Gasteiger partial charge in [0.1, 0.15) is 24.8 Å². The Morgan fingerprint density at radius 3 is 2.65 bits per heavy atom. The Hall–Kier alpha value is -3.93. The maximum absolute atomic E-state index is 14.1. The Morgan fingerprint density at radius 2 is 1.85 bits per heavy atom. The summed E-state index contributed by atoms with van der Waals surface area (Å²) in [5.74, 6) is -1.21. The van der Waals surface area contributed by atoms with Gasteiger partial charge in [0.15, 0.2) is 15.8 Å². The predicted octanol–water partition coefficient (Wildman–Crippen LogP) is 6.02. The van der Waals surface area contributed by atoms with Gasteiger partial charge in [0, 0.05) is 16.3 Å². The zero-order valence-electron chi connectivity index (χ0n) is 20.5. The molecule has 0 spiro atoms. The van der Waals surface area contributed by atoms with E-state index in [1.165, 1.54) is 22.7 Å². The van der Waals surface area contributed by atoms with Crippen molar-refractivity contribution in [3.05, 3.63) is 99.8 Å². The van der Waals surface area contributed by atoms with Crippen LogP contribution in [0.1, 0.15) is 22.7 Å². The Labute approximate surface area is 241 Å². The van der Waals surface area contributed by atoms with E-state index in [9.17, 15) is 19.1 Å². The van der Waals surface area contributed by atoms with Gasteiger partial charge in [0.25, 0.3) is 5.78 Å². The van der Waals surface area contributed by atoms with Crippen molar-refractivity contribution in [2.45, 2.75) is 16.1 Å². The molecule has 0 radical (unpaired) electrons. The van der Waals surface area contributed by atoms with Crippen LogP contribution in [0.4, 0.5) is 9.52 Å². The number of rotatable bonds is 6. The quantitative estimate of drug-likeness (QED) is 0.0949. The van der Waals surface area contributed by atoms with Gasteiger partial charge in [-0.05, 0) is 47.5 Å². The second kappa shape index (κ2) is 10.9. The van der Waals surface area contributed by atoms with Crippen molar-refractivity contribution >= 4 is 57.3 Å². The molecule has 3 heterocycles. The molecular weight excluding hydrogens is 577 g/mol. The maximum Gasteiger partial charge on any atom is 0.301 e. The van der Waals surface area contributed by atoms with Crippen molar-refractivity contribution in [1.82, 2.24) is 10.2 Å². The lowest BCUT2D eigenvalue weighted by molar-refractivity contribution is -0.132. The van der Waals surface area contributed by atoms with Crippen molar-refractivity contribution < 1.29 is 28.6 Å². The van der Waals surface area contributed by atoms with Gasteiger partial charge in [-0.25, -0.2) is 4.39 Å². The van der Waals surface area contributed by atoms with Crippen molar-refractivity contribution in [1.29, 1.82) is 0 Å². The van der Waals surface area contributed by atoms with Crippen LogP contribution in [0, 0.1) is 5.82 Å². The lowest BCUT2D eigenvalue weighted by atomic mass is 9.95. The summed E-state index contributed by atoms with van der Waals surface area (Å²) in [5, 5.41) is 20.3. The molecule has 0 saturated carbocycles. The molecule has 0 bridgehead atoms. The van der Waals surface area contributed by atoms with E-state index in [0.29, 0.717) is 51.0 Å². The highest BCUT2D eigenvalue weighted by atomic mass is 35.5. The van der Waals surface area contributed by atoms with Gasteiger partial charge in [-0.1, -0.05) is 65.0 Å². The highest BCUT2D eigenvalue weighted by Gasteiger charge is 2.48. The van der Waals surface area contributed by atoms with Gasteiger partial charge in [-0.15, -0.1) is 10.2 Å². The van der Waals surface area contributed by atoms with E-state index in [0.717, 1.165) is 11.3 Å². The molecule has 1 fully saturated rings. The van der Waals surface area contributed by atoms with Crippen molar-refractivity contribution in [2.75, 3.05) is 18.1 Å². The largest absolute Gasteiger partial charge is 0.507 e. The fourth-order valence-corrected chi connectivity index (χ4v) is 6.53. The Kier molecular flexibility index (Phi) is 7.18. The molecule has 1 amide bonds. The molecule has 1 aromatic heterocycles. The second-order valence-electron chi connectivity index (χ2n) is 8.81. The number of aliphatic hydroxyl groups is 1. The molecule has 1 saturated heterocycles.